The van der Waals surface area contributed by atoms with Crippen LogP contribution in [0.3, 0.4) is 0 Å². The van der Waals surface area contributed by atoms with Crippen LogP contribution < -0.4 is 10.9 Å². The molecule has 0 aliphatic carbocycles. The summed E-state index contributed by atoms with van der Waals surface area (Å²) in [5.41, 5.74) is 4.15. The zero-order chi connectivity index (χ0) is 15.3. The van der Waals surface area contributed by atoms with Crippen molar-refractivity contribution in [1.82, 2.24) is 10.9 Å². The number of carbonyl (C=O) groups excluding carboxylic acids is 2. The highest BCUT2D eigenvalue weighted by Gasteiger charge is 2.25. The predicted octanol–water partition coefficient (Wildman–Crippen LogP) is 1.24. The van der Waals surface area contributed by atoms with Gasteiger partial charge in [0.25, 0.3) is 5.91 Å². The van der Waals surface area contributed by atoms with E-state index in [1.165, 1.54) is 12.3 Å². The second-order valence-electron chi connectivity index (χ2n) is 5.30. The van der Waals surface area contributed by atoms with E-state index in [1.807, 2.05) is 0 Å². The molecule has 0 aliphatic heterocycles. The molecular formula is C13H18N2O5. The number of aliphatic carboxylic acids is 1. The molecule has 0 bridgehead atoms. The van der Waals surface area contributed by atoms with Crippen molar-refractivity contribution < 1.29 is 23.9 Å². The summed E-state index contributed by atoms with van der Waals surface area (Å²) in [5, 5.41) is 8.72. The van der Waals surface area contributed by atoms with Gasteiger partial charge in [0.05, 0.1) is 18.2 Å². The fourth-order valence-corrected chi connectivity index (χ4v) is 1.77. The summed E-state index contributed by atoms with van der Waals surface area (Å²) in [6.07, 6.45) is 1.24. The fourth-order valence-electron chi connectivity index (χ4n) is 1.77. The van der Waals surface area contributed by atoms with Gasteiger partial charge in [-0.25, -0.2) is 0 Å². The van der Waals surface area contributed by atoms with E-state index in [-0.39, 0.29) is 12.8 Å². The first-order chi connectivity index (χ1) is 9.21. The molecule has 0 unspecified atom stereocenters. The van der Waals surface area contributed by atoms with Crippen molar-refractivity contribution in [3.63, 3.8) is 0 Å². The van der Waals surface area contributed by atoms with E-state index in [4.69, 9.17) is 9.52 Å². The number of rotatable bonds is 5. The van der Waals surface area contributed by atoms with E-state index in [0.29, 0.717) is 11.3 Å². The minimum absolute atomic E-state index is 0.00997. The number of carbonyl (C=O) groups is 3. The Morgan fingerprint density at radius 2 is 1.90 bits per heavy atom. The highest BCUT2D eigenvalue weighted by atomic mass is 16.4. The minimum atomic E-state index is -0.971. The highest BCUT2D eigenvalue weighted by molar-refractivity contribution is 5.96. The zero-order valence-corrected chi connectivity index (χ0v) is 11.6. The molecule has 0 aromatic carbocycles. The third kappa shape index (κ3) is 4.75. The van der Waals surface area contributed by atoms with Gasteiger partial charge in [-0.2, -0.15) is 0 Å². The molecule has 3 N–H and O–H groups in total. The summed E-state index contributed by atoms with van der Waals surface area (Å²) < 4.78 is 4.98. The van der Waals surface area contributed by atoms with Gasteiger partial charge in [0.15, 0.2) is 0 Å². The second kappa shape index (κ2) is 6.23. The SMILES string of the molecule is Cc1occc1C(=O)NNC(=O)CC(C)(C)CC(=O)O. The predicted molar refractivity (Wildman–Crippen MR) is 69.7 cm³/mol. The molecular weight excluding hydrogens is 264 g/mol. The molecule has 0 spiro atoms. The molecule has 1 heterocycles. The number of furan rings is 1. The Balaban J connectivity index is 2.46. The molecule has 0 radical (unpaired) electrons. The first-order valence-corrected chi connectivity index (χ1v) is 6.06. The van der Waals surface area contributed by atoms with Gasteiger partial charge in [-0.05, 0) is 18.4 Å². The molecule has 0 atom stereocenters. The van der Waals surface area contributed by atoms with Crippen molar-refractivity contribution in [1.29, 1.82) is 0 Å². The lowest BCUT2D eigenvalue weighted by Crippen LogP contribution is -2.43. The quantitative estimate of drug-likeness (QED) is 0.704. The van der Waals surface area contributed by atoms with Crippen LogP contribution in [0.15, 0.2) is 16.7 Å². The van der Waals surface area contributed by atoms with Crippen LogP contribution in [0.4, 0.5) is 0 Å². The number of amides is 2. The molecule has 110 valence electrons. The Kier molecular flexibility index (Phi) is 4.90. The van der Waals surface area contributed by atoms with Gasteiger partial charge < -0.3 is 9.52 Å². The van der Waals surface area contributed by atoms with E-state index >= 15 is 0 Å². The van der Waals surface area contributed by atoms with Crippen molar-refractivity contribution in [2.45, 2.75) is 33.6 Å². The molecule has 7 nitrogen and oxygen atoms in total. The average molecular weight is 282 g/mol. The molecule has 0 aliphatic rings. The number of hydrogen-bond donors (Lipinski definition) is 3. The summed E-state index contributed by atoms with van der Waals surface area (Å²) in [6.45, 7) is 4.97. The van der Waals surface area contributed by atoms with Gasteiger partial charge in [-0.1, -0.05) is 13.8 Å². The van der Waals surface area contributed by atoms with Crippen LogP contribution in [-0.4, -0.2) is 22.9 Å². The second-order valence-corrected chi connectivity index (χ2v) is 5.30. The zero-order valence-electron chi connectivity index (χ0n) is 11.6. The summed E-state index contributed by atoms with van der Waals surface area (Å²) in [6, 6.07) is 1.49. The van der Waals surface area contributed by atoms with Gasteiger partial charge >= 0.3 is 5.97 Å². The lowest BCUT2D eigenvalue weighted by Gasteiger charge is -2.21. The normalized spacial score (nSPS) is 10.9. The van der Waals surface area contributed by atoms with E-state index in [2.05, 4.69) is 10.9 Å². The highest BCUT2D eigenvalue weighted by Crippen LogP contribution is 2.24. The first kappa shape index (κ1) is 15.7. The van der Waals surface area contributed by atoms with E-state index in [9.17, 15) is 14.4 Å². The summed E-state index contributed by atoms with van der Waals surface area (Å²) in [4.78, 5) is 34.0. The number of carboxylic acid groups (broad SMARTS) is 1. The molecule has 7 heteroatoms. The van der Waals surface area contributed by atoms with Crippen LogP contribution in [0.1, 0.15) is 42.8 Å². The third-order valence-corrected chi connectivity index (χ3v) is 2.69. The van der Waals surface area contributed by atoms with Gasteiger partial charge in [0.2, 0.25) is 5.91 Å². The Hall–Kier alpha value is -2.31. The van der Waals surface area contributed by atoms with Crippen LogP contribution in [0, 0.1) is 12.3 Å². The number of carboxylic acids is 1. The summed E-state index contributed by atoms with van der Waals surface area (Å²) in [5.74, 6) is -1.46. The maximum Gasteiger partial charge on any atom is 0.303 e. The smallest absolute Gasteiger partial charge is 0.303 e. The Bertz CT molecular complexity index is 519. The first-order valence-electron chi connectivity index (χ1n) is 6.06. The van der Waals surface area contributed by atoms with Gasteiger partial charge in [-0.15, -0.1) is 0 Å². The van der Waals surface area contributed by atoms with Gasteiger partial charge in [0, 0.05) is 6.42 Å². The van der Waals surface area contributed by atoms with Gasteiger partial charge in [0.1, 0.15) is 5.76 Å². The number of hydrogen-bond acceptors (Lipinski definition) is 4. The fraction of sp³-hybridized carbons (Fsp3) is 0.462. The molecule has 1 rings (SSSR count). The van der Waals surface area contributed by atoms with Crippen LogP contribution >= 0.6 is 0 Å². The number of nitrogens with one attached hydrogen (secondary N) is 2. The van der Waals surface area contributed by atoms with E-state index in [1.54, 1.807) is 20.8 Å². The minimum Gasteiger partial charge on any atom is -0.481 e. The topological polar surface area (TPSA) is 109 Å². The largest absolute Gasteiger partial charge is 0.481 e. The molecule has 2 amide bonds. The van der Waals surface area contributed by atoms with Crippen LogP contribution in [0.2, 0.25) is 0 Å². The maximum absolute atomic E-state index is 11.7. The van der Waals surface area contributed by atoms with Crippen molar-refractivity contribution in [2.24, 2.45) is 5.41 Å². The molecule has 20 heavy (non-hydrogen) atoms. The van der Waals surface area contributed by atoms with E-state index < -0.39 is 23.2 Å². The standard InChI is InChI=1S/C13H18N2O5/c1-8-9(4-5-20-8)12(19)15-14-10(16)6-13(2,3)7-11(17)18/h4-5H,6-7H2,1-3H3,(H,14,16)(H,15,19)(H,17,18). The number of hydrazine groups is 1. The molecule has 1 aromatic heterocycles. The molecule has 1 aromatic rings. The lowest BCUT2D eigenvalue weighted by molar-refractivity contribution is -0.139. The van der Waals surface area contributed by atoms with Crippen molar-refractivity contribution in [2.75, 3.05) is 0 Å². The van der Waals surface area contributed by atoms with Crippen LogP contribution in [-0.2, 0) is 9.59 Å². The Morgan fingerprint density at radius 1 is 1.25 bits per heavy atom. The van der Waals surface area contributed by atoms with Crippen molar-refractivity contribution in [3.05, 3.63) is 23.7 Å². The third-order valence-electron chi connectivity index (χ3n) is 2.69. The monoisotopic (exact) mass is 282 g/mol. The van der Waals surface area contributed by atoms with E-state index in [0.717, 1.165) is 0 Å². The number of aryl methyl sites for hydroxylation is 1. The summed E-state index contributed by atoms with van der Waals surface area (Å²) >= 11 is 0. The molecule has 0 saturated carbocycles. The Labute approximate surface area is 116 Å². The van der Waals surface area contributed by atoms with Gasteiger partial charge in [-0.3, -0.25) is 25.2 Å². The van der Waals surface area contributed by atoms with Crippen molar-refractivity contribution in [3.8, 4) is 0 Å². The molecule has 0 saturated heterocycles. The lowest BCUT2D eigenvalue weighted by atomic mass is 9.85. The molecule has 0 fully saturated rings. The summed E-state index contributed by atoms with van der Waals surface area (Å²) in [7, 11) is 0. The average Bonchev–Trinajstić information content (AvgIpc) is 2.69. The maximum atomic E-state index is 11.7. The Morgan fingerprint density at radius 3 is 2.40 bits per heavy atom. The van der Waals surface area contributed by atoms with Crippen LogP contribution in [0.25, 0.3) is 0 Å². The van der Waals surface area contributed by atoms with Crippen molar-refractivity contribution >= 4 is 17.8 Å². The van der Waals surface area contributed by atoms with Crippen LogP contribution in [0.5, 0.6) is 0 Å².